The Balaban J connectivity index is 1.46. The largest absolute Gasteiger partial charge is 0.454 e. The predicted octanol–water partition coefficient (Wildman–Crippen LogP) is 3.28. The van der Waals surface area contributed by atoms with Crippen LogP contribution in [0.4, 0.5) is 5.69 Å². The number of nitrogens with zero attached hydrogens (tertiary/aromatic N) is 1. The number of carbonyl (C=O) groups is 1. The first-order chi connectivity index (χ1) is 12.2. The lowest BCUT2D eigenvalue weighted by molar-refractivity contribution is 0.0951. The molecule has 0 spiro atoms. The first-order valence-electron chi connectivity index (χ1n) is 8.43. The van der Waals surface area contributed by atoms with Crippen molar-refractivity contribution in [3.63, 3.8) is 0 Å². The Kier molecular flexibility index (Phi) is 4.44. The number of rotatable bonds is 4. The number of hydrogen-bond donors (Lipinski definition) is 1. The standard InChI is InChI=1S/C19H20N2O3S/c1-2-21-7-8-25-18-6-4-14(10-15(18)21)19(22)20-11-13-3-5-16-17(9-13)24-12-23-16/h3-6,9-10H,2,7-8,11-12H2,1H3,(H,20,22). The molecule has 25 heavy (non-hydrogen) atoms. The minimum absolute atomic E-state index is 0.0629. The molecule has 6 heteroatoms. The van der Waals surface area contributed by atoms with Crippen molar-refractivity contribution in [2.45, 2.75) is 18.4 Å². The van der Waals surface area contributed by atoms with Crippen LogP contribution in [0.1, 0.15) is 22.8 Å². The smallest absolute Gasteiger partial charge is 0.251 e. The molecule has 0 bridgehead atoms. The summed E-state index contributed by atoms with van der Waals surface area (Å²) in [7, 11) is 0. The Bertz CT molecular complexity index is 809. The fourth-order valence-corrected chi connectivity index (χ4v) is 4.11. The van der Waals surface area contributed by atoms with E-state index in [0.29, 0.717) is 12.1 Å². The van der Waals surface area contributed by atoms with Gasteiger partial charge in [0.2, 0.25) is 6.79 Å². The Hall–Kier alpha value is -2.34. The molecule has 2 aliphatic rings. The Labute approximate surface area is 151 Å². The summed E-state index contributed by atoms with van der Waals surface area (Å²) in [5.74, 6) is 2.52. The molecule has 2 aromatic rings. The lowest BCUT2D eigenvalue weighted by Gasteiger charge is -2.30. The quantitative estimate of drug-likeness (QED) is 0.911. The van der Waals surface area contributed by atoms with Gasteiger partial charge in [0, 0.05) is 35.8 Å². The molecule has 0 aromatic heterocycles. The van der Waals surface area contributed by atoms with Gasteiger partial charge in [-0.2, -0.15) is 0 Å². The van der Waals surface area contributed by atoms with Crippen molar-refractivity contribution in [3.05, 3.63) is 47.5 Å². The fourth-order valence-electron chi connectivity index (χ4n) is 3.08. The molecule has 130 valence electrons. The maximum absolute atomic E-state index is 12.5. The highest BCUT2D eigenvalue weighted by Gasteiger charge is 2.18. The van der Waals surface area contributed by atoms with Crippen molar-refractivity contribution in [1.82, 2.24) is 5.32 Å². The van der Waals surface area contributed by atoms with E-state index in [9.17, 15) is 4.79 Å². The van der Waals surface area contributed by atoms with Crippen molar-refractivity contribution in [1.29, 1.82) is 0 Å². The molecule has 2 aliphatic heterocycles. The van der Waals surface area contributed by atoms with Gasteiger partial charge in [-0.25, -0.2) is 0 Å². The number of ether oxygens (including phenoxy) is 2. The van der Waals surface area contributed by atoms with E-state index in [-0.39, 0.29) is 12.7 Å². The lowest BCUT2D eigenvalue weighted by Crippen LogP contribution is -2.29. The van der Waals surface area contributed by atoms with Crippen LogP contribution in [-0.4, -0.2) is 31.5 Å². The van der Waals surface area contributed by atoms with Gasteiger partial charge in [-0.15, -0.1) is 11.8 Å². The highest BCUT2D eigenvalue weighted by atomic mass is 32.2. The molecule has 0 unspecified atom stereocenters. The van der Waals surface area contributed by atoms with E-state index in [1.165, 1.54) is 4.90 Å². The molecule has 0 saturated carbocycles. The molecule has 1 N–H and O–H groups in total. The molecule has 1 amide bonds. The summed E-state index contributed by atoms with van der Waals surface area (Å²) in [6, 6.07) is 11.7. The number of fused-ring (bicyclic) bond motifs is 2. The molecule has 0 saturated heterocycles. The molecule has 0 radical (unpaired) electrons. The fraction of sp³-hybridized carbons (Fsp3) is 0.316. The molecular weight excluding hydrogens is 336 g/mol. The topological polar surface area (TPSA) is 50.8 Å². The molecule has 5 nitrogen and oxygen atoms in total. The molecule has 2 aromatic carbocycles. The monoisotopic (exact) mass is 356 g/mol. The van der Waals surface area contributed by atoms with Gasteiger partial charge in [0.25, 0.3) is 5.91 Å². The van der Waals surface area contributed by atoms with Crippen LogP contribution in [0, 0.1) is 0 Å². The zero-order valence-electron chi connectivity index (χ0n) is 14.1. The van der Waals surface area contributed by atoms with Crippen LogP contribution in [0.15, 0.2) is 41.3 Å². The van der Waals surface area contributed by atoms with Crippen molar-refractivity contribution in [2.24, 2.45) is 0 Å². The van der Waals surface area contributed by atoms with Gasteiger partial charge >= 0.3 is 0 Å². The van der Waals surface area contributed by atoms with E-state index in [1.54, 1.807) is 0 Å². The summed E-state index contributed by atoms with van der Waals surface area (Å²) in [4.78, 5) is 16.1. The van der Waals surface area contributed by atoms with E-state index in [1.807, 2.05) is 42.1 Å². The number of amides is 1. The van der Waals surface area contributed by atoms with Gasteiger partial charge in [-0.05, 0) is 42.8 Å². The SMILES string of the molecule is CCN1CCSc2ccc(C(=O)NCc3ccc4c(c3)OCO4)cc21. The van der Waals surface area contributed by atoms with E-state index in [2.05, 4.69) is 23.2 Å². The van der Waals surface area contributed by atoms with Gasteiger partial charge in [0.1, 0.15) is 0 Å². The van der Waals surface area contributed by atoms with Crippen molar-refractivity contribution in [3.8, 4) is 11.5 Å². The maximum atomic E-state index is 12.5. The summed E-state index contributed by atoms with van der Waals surface area (Å²) in [6.07, 6.45) is 0. The zero-order valence-corrected chi connectivity index (χ0v) is 14.9. The third-order valence-electron chi connectivity index (χ3n) is 4.45. The second-order valence-corrected chi connectivity index (χ2v) is 7.12. The van der Waals surface area contributed by atoms with E-state index in [0.717, 1.165) is 41.6 Å². The molecular formula is C19H20N2O3S. The molecule has 0 atom stereocenters. The van der Waals surface area contributed by atoms with Crippen LogP contribution in [0.5, 0.6) is 11.5 Å². The maximum Gasteiger partial charge on any atom is 0.251 e. The number of thioether (sulfide) groups is 1. The number of benzene rings is 2. The average molecular weight is 356 g/mol. The minimum atomic E-state index is -0.0629. The Morgan fingerprint density at radius 3 is 2.96 bits per heavy atom. The second-order valence-electron chi connectivity index (χ2n) is 5.98. The summed E-state index contributed by atoms with van der Waals surface area (Å²) in [5, 5.41) is 2.99. The van der Waals surface area contributed by atoms with E-state index < -0.39 is 0 Å². The van der Waals surface area contributed by atoms with Crippen LogP contribution in [0.2, 0.25) is 0 Å². The molecule has 0 aliphatic carbocycles. The zero-order chi connectivity index (χ0) is 17.2. The number of nitrogens with one attached hydrogen (secondary N) is 1. The Morgan fingerprint density at radius 1 is 1.20 bits per heavy atom. The first kappa shape index (κ1) is 16.1. The summed E-state index contributed by atoms with van der Waals surface area (Å²) in [5.41, 5.74) is 2.84. The molecule has 0 fully saturated rings. The van der Waals surface area contributed by atoms with Gasteiger partial charge < -0.3 is 19.7 Å². The Morgan fingerprint density at radius 2 is 2.08 bits per heavy atom. The van der Waals surface area contributed by atoms with Crippen molar-refractivity contribution < 1.29 is 14.3 Å². The van der Waals surface area contributed by atoms with E-state index in [4.69, 9.17) is 9.47 Å². The van der Waals surface area contributed by atoms with Gasteiger partial charge in [-0.1, -0.05) is 6.07 Å². The number of hydrogen-bond acceptors (Lipinski definition) is 5. The summed E-state index contributed by atoms with van der Waals surface area (Å²) in [6.45, 7) is 4.84. The minimum Gasteiger partial charge on any atom is -0.454 e. The molecule has 2 heterocycles. The van der Waals surface area contributed by atoms with Crippen molar-refractivity contribution >= 4 is 23.4 Å². The van der Waals surface area contributed by atoms with Crippen LogP contribution in [0.3, 0.4) is 0 Å². The van der Waals surface area contributed by atoms with Crippen LogP contribution in [-0.2, 0) is 6.54 Å². The van der Waals surface area contributed by atoms with E-state index >= 15 is 0 Å². The van der Waals surface area contributed by atoms with Crippen LogP contribution >= 0.6 is 11.8 Å². The predicted molar refractivity (Wildman–Crippen MR) is 98.8 cm³/mol. The van der Waals surface area contributed by atoms with Gasteiger partial charge in [-0.3, -0.25) is 4.79 Å². The third kappa shape index (κ3) is 3.26. The number of anilines is 1. The highest BCUT2D eigenvalue weighted by molar-refractivity contribution is 7.99. The summed E-state index contributed by atoms with van der Waals surface area (Å²) < 4.78 is 10.7. The third-order valence-corrected chi connectivity index (χ3v) is 5.50. The lowest BCUT2D eigenvalue weighted by atomic mass is 10.1. The van der Waals surface area contributed by atoms with Crippen LogP contribution < -0.4 is 19.7 Å². The first-order valence-corrected chi connectivity index (χ1v) is 9.41. The number of carbonyl (C=O) groups excluding carboxylic acids is 1. The second kappa shape index (κ2) is 6.88. The van der Waals surface area contributed by atoms with Gasteiger partial charge in [0.05, 0.1) is 5.69 Å². The average Bonchev–Trinajstić information content (AvgIpc) is 3.13. The normalized spacial score (nSPS) is 15.0. The summed E-state index contributed by atoms with van der Waals surface area (Å²) >= 11 is 1.85. The van der Waals surface area contributed by atoms with Crippen molar-refractivity contribution in [2.75, 3.05) is 30.5 Å². The van der Waals surface area contributed by atoms with Gasteiger partial charge in [0.15, 0.2) is 11.5 Å². The highest BCUT2D eigenvalue weighted by Crippen LogP contribution is 2.35. The van der Waals surface area contributed by atoms with Crippen LogP contribution in [0.25, 0.3) is 0 Å². The molecule has 4 rings (SSSR count).